The second-order valence-electron chi connectivity index (χ2n) is 17.2. The molecule has 5 aromatic rings. The fraction of sp³-hybridized carbons (Fsp3) is 0.442. The highest BCUT2D eigenvalue weighted by Crippen LogP contribution is 2.39. The number of amides is 3. The van der Waals surface area contributed by atoms with E-state index in [1.165, 1.54) is 22.8 Å². The first-order valence-electron chi connectivity index (χ1n) is 20.4. The van der Waals surface area contributed by atoms with Crippen molar-refractivity contribution >= 4 is 45.5 Å². The number of halogens is 4. The maximum Gasteiger partial charge on any atom is 0.275 e. The lowest BCUT2D eigenvalue weighted by Gasteiger charge is -2.52. The third kappa shape index (κ3) is 7.59. The summed E-state index contributed by atoms with van der Waals surface area (Å²) in [6.07, 6.45) is 4.73. The summed E-state index contributed by atoms with van der Waals surface area (Å²) in [7, 11) is 0. The highest BCUT2D eigenvalue weighted by Gasteiger charge is 2.50. The van der Waals surface area contributed by atoms with Gasteiger partial charge < -0.3 is 15.3 Å². The molecule has 3 N–H and O–H groups in total. The number of rotatable bonds is 8. The first kappa shape index (κ1) is 40.5. The number of nitrogens with zero attached hydrogens (tertiary/aromatic N) is 8. The van der Waals surface area contributed by atoms with Gasteiger partial charge in [-0.3, -0.25) is 34.2 Å². The number of anilines is 2. The second kappa shape index (κ2) is 15.2. The Morgan fingerprint density at radius 2 is 1.70 bits per heavy atom. The number of nitriles is 1. The van der Waals surface area contributed by atoms with Crippen molar-refractivity contribution in [2.75, 3.05) is 49.5 Å². The molecule has 4 aliphatic heterocycles. The molecule has 3 amide bonds. The Bertz CT molecular complexity index is 2600. The Hall–Kier alpha value is -5.90. The van der Waals surface area contributed by atoms with Crippen LogP contribution < -0.4 is 15.5 Å². The summed E-state index contributed by atoms with van der Waals surface area (Å²) >= 11 is 0. The van der Waals surface area contributed by atoms with Gasteiger partial charge in [-0.1, -0.05) is 0 Å². The van der Waals surface area contributed by atoms with Crippen molar-refractivity contribution in [3.05, 3.63) is 88.9 Å². The normalized spacial score (nSPS) is 22.0. The van der Waals surface area contributed by atoms with Crippen molar-refractivity contribution in [1.82, 2.24) is 34.5 Å². The maximum atomic E-state index is 15.9. The number of benzene rings is 2. The van der Waals surface area contributed by atoms with E-state index in [0.717, 1.165) is 5.39 Å². The SMILES string of the molecule is CC(C)(O)c1cc2nn(C3CCN([C@@H]4CCN(C5CN(c6cc(F)c([C@H]7CCC(=O)NC7=O)c(F)c6)C5)CC4(F)F)CC3)cc2cc1NC(=O)c1ccc2cc(C#N)cnn12. The summed E-state index contributed by atoms with van der Waals surface area (Å²) in [5.74, 6) is -7.49. The number of aliphatic hydroxyl groups is 1. The van der Waals surface area contributed by atoms with Crippen LogP contribution in [0.3, 0.4) is 0 Å². The summed E-state index contributed by atoms with van der Waals surface area (Å²) in [4.78, 5) is 42.6. The Labute approximate surface area is 347 Å². The number of imide groups is 1. The Morgan fingerprint density at radius 1 is 0.984 bits per heavy atom. The van der Waals surface area contributed by atoms with Crippen molar-refractivity contribution in [3.8, 4) is 6.07 Å². The minimum atomic E-state index is -2.98. The van der Waals surface area contributed by atoms with E-state index >= 15 is 17.6 Å². The second-order valence-corrected chi connectivity index (χ2v) is 17.2. The Morgan fingerprint density at radius 3 is 2.38 bits per heavy atom. The van der Waals surface area contributed by atoms with E-state index < -0.39 is 59.4 Å². The van der Waals surface area contributed by atoms with Gasteiger partial charge in [0.15, 0.2) is 0 Å². The van der Waals surface area contributed by atoms with Crippen molar-refractivity contribution in [3.63, 3.8) is 0 Å². The number of fused-ring (bicyclic) bond motifs is 2. The Balaban J connectivity index is 0.815. The summed E-state index contributed by atoms with van der Waals surface area (Å²) in [6, 6.07) is 11.6. The lowest BCUT2D eigenvalue weighted by Crippen LogP contribution is -2.67. The molecule has 3 aromatic heterocycles. The molecule has 7 heterocycles. The van der Waals surface area contributed by atoms with Gasteiger partial charge in [0, 0.05) is 79.3 Å². The topological polar surface area (TPSA) is 164 Å². The van der Waals surface area contributed by atoms with E-state index in [-0.39, 0.29) is 48.3 Å². The fourth-order valence-electron chi connectivity index (χ4n) is 9.44. The van der Waals surface area contributed by atoms with E-state index in [2.05, 4.69) is 15.7 Å². The number of hydrogen-bond donors (Lipinski definition) is 3. The molecule has 4 aliphatic rings. The van der Waals surface area contributed by atoms with Crippen molar-refractivity contribution in [1.29, 1.82) is 5.26 Å². The number of aromatic nitrogens is 4. The van der Waals surface area contributed by atoms with Gasteiger partial charge >= 0.3 is 0 Å². The average molecular weight is 841 g/mol. The molecule has 318 valence electrons. The monoisotopic (exact) mass is 840 g/mol. The summed E-state index contributed by atoms with van der Waals surface area (Å²) in [6.45, 7) is 4.85. The van der Waals surface area contributed by atoms with Crippen LogP contribution >= 0.6 is 0 Å². The number of nitrogens with one attached hydrogen (secondary N) is 2. The van der Waals surface area contributed by atoms with Gasteiger partial charge in [0.2, 0.25) is 11.8 Å². The molecule has 4 saturated heterocycles. The van der Waals surface area contributed by atoms with E-state index in [4.69, 9.17) is 5.10 Å². The maximum absolute atomic E-state index is 15.9. The summed E-state index contributed by atoms with van der Waals surface area (Å²) in [5, 5.41) is 35.2. The summed E-state index contributed by atoms with van der Waals surface area (Å²) in [5.41, 5.74) is 1.24. The van der Waals surface area contributed by atoms with Crippen LogP contribution in [0.1, 0.15) is 85.1 Å². The highest BCUT2D eigenvalue weighted by molar-refractivity contribution is 6.05. The molecule has 0 aliphatic carbocycles. The van der Waals surface area contributed by atoms with Crippen molar-refractivity contribution < 1.29 is 37.1 Å². The number of hydrogen-bond acceptors (Lipinski definition) is 10. The van der Waals surface area contributed by atoms with Crippen molar-refractivity contribution in [2.45, 2.75) is 81.5 Å². The lowest BCUT2D eigenvalue weighted by molar-refractivity contribution is -0.140. The van der Waals surface area contributed by atoms with Gasteiger partial charge in [-0.05, 0) is 82.0 Å². The van der Waals surface area contributed by atoms with Crippen LogP contribution in [0.25, 0.3) is 16.4 Å². The molecule has 2 atom stereocenters. The molecule has 18 heteroatoms. The van der Waals surface area contributed by atoms with Crippen LogP contribution in [0.15, 0.2) is 54.9 Å². The van der Waals surface area contributed by atoms with Gasteiger partial charge in [-0.15, -0.1) is 0 Å². The van der Waals surface area contributed by atoms with E-state index in [1.54, 1.807) is 54.0 Å². The molecule has 61 heavy (non-hydrogen) atoms. The van der Waals surface area contributed by atoms with Crippen LogP contribution in [0.2, 0.25) is 0 Å². The molecule has 2 aromatic carbocycles. The molecule has 4 fully saturated rings. The lowest BCUT2D eigenvalue weighted by atomic mass is 9.89. The number of carbonyl (C=O) groups excluding carboxylic acids is 3. The van der Waals surface area contributed by atoms with Crippen LogP contribution in [0.4, 0.5) is 28.9 Å². The average Bonchev–Trinajstić information content (AvgIpc) is 3.81. The van der Waals surface area contributed by atoms with Crippen LogP contribution in [-0.4, -0.2) is 109 Å². The minimum absolute atomic E-state index is 0.00734. The molecule has 0 unspecified atom stereocenters. The van der Waals surface area contributed by atoms with Crippen LogP contribution in [0.5, 0.6) is 0 Å². The zero-order valence-corrected chi connectivity index (χ0v) is 33.5. The van der Waals surface area contributed by atoms with E-state index in [9.17, 15) is 24.8 Å². The summed E-state index contributed by atoms with van der Waals surface area (Å²) < 4.78 is 65.4. The first-order valence-corrected chi connectivity index (χ1v) is 20.4. The predicted octanol–water partition coefficient (Wildman–Crippen LogP) is 5.07. The van der Waals surface area contributed by atoms with Gasteiger partial charge in [-0.2, -0.15) is 15.5 Å². The Kier molecular flexibility index (Phi) is 10.1. The van der Waals surface area contributed by atoms with E-state index in [1.807, 2.05) is 21.8 Å². The third-order valence-corrected chi connectivity index (χ3v) is 12.7. The fourth-order valence-corrected chi connectivity index (χ4v) is 9.44. The molecule has 0 bridgehead atoms. The molecule has 0 spiro atoms. The molecule has 0 saturated carbocycles. The van der Waals surface area contributed by atoms with Crippen LogP contribution in [-0.2, 0) is 15.2 Å². The van der Waals surface area contributed by atoms with Gasteiger partial charge in [0.25, 0.3) is 11.8 Å². The predicted molar refractivity (Wildman–Crippen MR) is 215 cm³/mol. The first-order chi connectivity index (χ1) is 29.1. The standard InChI is InChI=1S/C43H44F4N10O4/c1-42(2,61)31-17-34-25(14-35(31)50-41(60)36-5-3-27-13-24(18-48)19-49-57(27)36)20-56(52-34)26-7-10-53(11-8-26)37-9-12-54(23-43(37,46)47)29-21-55(22-29)28-15-32(44)39(33(45)16-28)30-4-6-38(58)51-40(30)59/h3,5,13-17,19-20,26,29-30,37,61H,4,6-12,21-23H2,1-2H3,(H,50,60)(H,51,58,59)/t30-,37-/m1/s1. The third-order valence-electron chi connectivity index (χ3n) is 12.7. The quantitative estimate of drug-likeness (QED) is 0.142. The highest BCUT2D eigenvalue weighted by atomic mass is 19.3. The van der Waals surface area contributed by atoms with Gasteiger partial charge in [0.05, 0.1) is 52.9 Å². The molecule has 0 radical (unpaired) electrons. The number of alkyl halides is 2. The molecule has 9 rings (SSSR count). The molecular formula is C43H44F4N10O4. The minimum Gasteiger partial charge on any atom is -0.386 e. The molecular weight excluding hydrogens is 797 g/mol. The number of carbonyl (C=O) groups is 3. The smallest absolute Gasteiger partial charge is 0.275 e. The largest absolute Gasteiger partial charge is 0.386 e. The van der Waals surface area contributed by atoms with E-state index in [0.29, 0.717) is 73.4 Å². The zero-order chi connectivity index (χ0) is 43.0. The number of piperidine rings is 3. The van der Waals surface area contributed by atoms with Crippen molar-refractivity contribution in [2.24, 2.45) is 0 Å². The number of likely N-dealkylation sites (tertiary alicyclic amines) is 2. The van der Waals surface area contributed by atoms with Crippen LogP contribution in [0, 0.1) is 23.0 Å². The van der Waals surface area contributed by atoms with Gasteiger partial charge in [0.1, 0.15) is 23.4 Å². The molecule has 14 nitrogen and oxygen atoms in total. The van der Waals surface area contributed by atoms with Gasteiger partial charge in [-0.25, -0.2) is 22.1 Å². The zero-order valence-electron chi connectivity index (χ0n) is 33.5.